The molecule has 1 aromatic rings. The SMILES string of the molecule is CC[C@H](C)[C@H](Nc1ccc(C(F)(F)F)cn1)C(=O)O. The van der Waals surface area contributed by atoms with E-state index >= 15 is 0 Å². The molecular formula is C12H15F3N2O2. The number of halogens is 3. The first-order chi connectivity index (χ1) is 8.75. The van der Waals surface area contributed by atoms with Crippen molar-refractivity contribution in [3.05, 3.63) is 23.9 Å². The molecule has 0 aromatic carbocycles. The second kappa shape index (κ2) is 5.90. The summed E-state index contributed by atoms with van der Waals surface area (Å²) in [6.07, 6.45) is -3.14. The van der Waals surface area contributed by atoms with Crippen LogP contribution in [0.2, 0.25) is 0 Å². The van der Waals surface area contributed by atoms with Crippen molar-refractivity contribution in [3.8, 4) is 0 Å². The molecule has 19 heavy (non-hydrogen) atoms. The van der Waals surface area contributed by atoms with Crippen molar-refractivity contribution in [2.24, 2.45) is 5.92 Å². The molecule has 0 radical (unpaired) electrons. The van der Waals surface area contributed by atoms with Gasteiger partial charge in [0.1, 0.15) is 11.9 Å². The first-order valence-corrected chi connectivity index (χ1v) is 5.78. The van der Waals surface area contributed by atoms with Crippen LogP contribution in [0, 0.1) is 5.92 Å². The fourth-order valence-electron chi connectivity index (χ4n) is 1.49. The Balaban J connectivity index is 2.84. The van der Waals surface area contributed by atoms with Crippen LogP contribution in [-0.4, -0.2) is 22.1 Å². The van der Waals surface area contributed by atoms with Crippen LogP contribution in [0.1, 0.15) is 25.8 Å². The van der Waals surface area contributed by atoms with Crippen molar-refractivity contribution in [2.75, 3.05) is 5.32 Å². The van der Waals surface area contributed by atoms with Gasteiger partial charge in [-0.25, -0.2) is 9.78 Å². The zero-order valence-electron chi connectivity index (χ0n) is 10.5. The van der Waals surface area contributed by atoms with E-state index in [0.29, 0.717) is 12.6 Å². The molecule has 7 heteroatoms. The van der Waals surface area contributed by atoms with Gasteiger partial charge in [0.05, 0.1) is 5.56 Å². The monoisotopic (exact) mass is 276 g/mol. The molecule has 1 aromatic heterocycles. The molecule has 2 N–H and O–H groups in total. The zero-order valence-corrected chi connectivity index (χ0v) is 10.5. The number of aliphatic carboxylic acids is 1. The van der Waals surface area contributed by atoms with E-state index in [2.05, 4.69) is 10.3 Å². The molecule has 1 rings (SSSR count). The largest absolute Gasteiger partial charge is 0.480 e. The highest BCUT2D eigenvalue weighted by molar-refractivity contribution is 5.77. The van der Waals surface area contributed by atoms with Gasteiger partial charge in [0.2, 0.25) is 0 Å². The van der Waals surface area contributed by atoms with E-state index < -0.39 is 23.8 Å². The van der Waals surface area contributed by atoms with Crippen LogP contribution in [0.25, 0.3) is 0 Å². The minimum atomic E-state index is -4.45. The van der Waals surface area contributed by atoms with Crippen molar-refractivity contribution < 1.29 is 23.1 Å². The number of alkyl halides is 3. The summed E-state index contributed by atoms with van der Waals surface area (Å²) in [5, 5.41) is 11.7. The molecule has 0 saturated heterocycles. The molecule has 0 saturated carbocycles. The minimum absolute atomic E-state index is 0.112. The highest BCUT2D eigenvalue weighted by Gasteiger charge is 2.31. The van der Waals surface area contributed by atoms with E-state index in [-0.39, 0.29) is 11.7 Å². The van der Waals surface area contributed by atoms with Gasteiger partial charge in [-0.1, -0.05) is 20.3 Å². The summed E-state index contributed by atoms with van der Waals surface area (Å²) >= 11 is 0. The predicted octanol–water partition coefficient (Wildman–Crippen LogP) is 3.01. The summed E-state index contributed by atoms with van der Waals surface area (Å²) in [7, 11) is 0. The number of carbonyl (C=O) groups is 1. The first kappa shape index (κ1) is 15.3. The van der Waals surface area contributed by atoms with Gasteiger partial charge < -0.3 is 10.4 Å². The standard InChI is InChI=1S/C12H15F3N2O2/c1-3-7(2)10(11(18)19)17-9-5-4-8(6-16-9)12(13,14)15/h4-7,10H,3H2,1-2H3,(H,16,17)(H,18,19)/t7-,10-/m0/s1. The highest BCUT2D eigenvalue weighted by atomic mass is 19.4. The fourth-order valence-corrected chi connectivity index (χ4v) is 1.49. The first-order valence-electron chi connectivity index (χ1n) is 5.78. The Hall–Kier alpha value is -1.79. The van der Waals surface area contributed by atoms with Gasteiger partial charge in [0.25, 0.3) is 0 Å². The lowest BCUT2D eigenvalue weighted by molar-refractivity contribution is -0.139. The Kier molecular flexibility index (Phi) is 4.74. The normalized spacial score (nSPS) is 14.8. The number of hydrogen-bond acceptors (Lipinski definition) is 3. The predicted molar refractivity (Wildman–Crippen MR) is 63.7 cm³/mol. The molecule has 0 unspecified atom stereocenters. The lowest BCUT2D eigenvalue weighted by Crippen LogP contribution is -2.35. The second-order valence-electron chi connectivity index (χ2n) is 4.28. The number of aromatic nitrogens is 1. The summed E-state index contributed by atoms with van der Waals surface area (Å²) in [5.41, 5.74) is -0.867. The van der Waals surface area contributed by atoms with Crippen molar-refractivity contribution in [1.82, 2.24) is 4.98 Å². The molecule has 1 heterocycles. The Morgan fingerprint density at radius 1 is 1.47 bits per heavy atom. The summed E-state index contributed by atoms with van der Waals surface area (Å²) < 4.78 is 37.0. The lowest BCUT2D eigenvalue weighted by Gasteiger charge is -2.20. The van der Waals surface area contributed by atoms with E-state index in [1.165, 1.54) is 0 Å². The van der Waals surface area contributed by atoms with Crippen LogP contribution in [0.15, 0.2) is 18.3 Å². The van der Waals surface area contributed by atoms with E-state index in [9.17, 15) is 18.0 Å². The van der Waals surface area contributed by atoms with Crippen molar-refractivity contribution in [3.63, 3.8) is 0 Å². The van der Waals surface area contributed by atoms with Crippen molar-refractivity contribution in [2.45, 2.75) is 32.5 Å². The third kappa shape index (κ3) is 4.11. The van der Waals surface area contributed by atoms with E-state index in [1.54, 1.807) is 6.92 Å². The van der Waals surface area contributed by atoms with Crippen LogP contribution >= 0.6 is 0 Å². The maximum atomic E-state index is 12.3. The summed E-state index contributed by atoms with van der Waals surface area (Å²) in [4.78, 5) is 14.6. The highest BCUT2D eigenvalue weighted by Crippen LogP contribution is 2.29. The maximum absolute atomic E-state index is 12.3. The van der Waals surface area contributed by atoms with Gasteiger partial charge in [-0.3, -0.25) is 0 Å². The van der Waals surface area contributed by atoms with Crippen LogP contribution in [0.5, 0.6) is 0 Å². The maximum Gasteiger partial charge on any atom is 0.417 e. The number of pyridine rings is 1. The third-order valence-corrected chi connectivity index (χ3v) is 2.87. The van der Waals surface area contributed by atoms with Crippen LogP contribution in [0.4, 0.5) is 19.0 Å². The zero-order chi connectivity index (χ0) is 14.6. The van der Waals surface area contributed by atoms with Gasteiger partial charge in [0.15, 0.2) is 0 Å². The molecular weight excluding hydrogens is 261 g/mol. The van der Waals surface area contributed by atoms with E-state index in [0.717, 1.165) is 12.1 Å². The lowest BCUT2D eigenvalue weighted by atomic mass is 9.99. The summed E-state index contributed by atoms with van der Waals surface area (Å²) in [6, 6.07) is 1.11. The van der Waals surface area contributed by atoms with Gasteiger partial charge in [-0.2, -0.15) is 13.2 Å². The van der Waals surface area contributed by atoms with Crippen molar-refractivity contribution in [1.29, 1.82) is 0 Å². The molecule has 106 valence electrons. The summed E-state index contributed by atoms with van der Waals surface area (Å²) in [5.74, 6) is -1.11. The van der Waals surface area contributed by atoms with Crippen LogP contribution < -0.4 is 5.32 Å². The number of carboxylic acids is 1. The molecule has 0 aliphatic heterocycles. The fraction of sp³-hybridized carbons (Fsp3) is 0.500. The van der Waals surface area contributed by atoms with Gasteiger partial charge >= 0.3 is 12.1 Å². The Bertz CT molecular complexity index is 432. The Morgan fingerprint density at radius 3 is 2.47 bits per heavy atom. The van der Waals surface area contributed by atoms with Crippen molar-refractivity contribution >= 4 is 11.8 Å². The van der Waals surface area contributed by atoms with Crippen LogP contribution in [-0.2, 0) is 11.0 Å². The molecule has 0 spiro atoms. The van der Waals surface area contributed by atoms with Gasteiger partial charge in [0, 0.05) is 6.20 Å². The molecule has 0 fully saturated rings. The molecule has 2 atom stereocenters. The number of carboxylic acid groups (broad SMARTS) is 1. The molecule has 4 nitrogen and oxygen atoms in total. The molecule has 0 aliphatic carbocycles. The van der Waals surface area contributed by atoms with Crippen LogP contribution in [0.3, 0.4) is 0 Å². The Labute approximate surface area is 108 Å². The average molecular weight is 276 g/mol. The molecule has 0 amide bonds. The van der Waals surface area contributed by atoms with E-state index in [4.69, 9.17) is 5.11 Å². The molecule has 0 aliphatic rings. The number of hydrogen-bond donors (Lipinski definition) is 2. The topological polar surface area (TPSA) is 62.2 Å². The third-order valence-electron chi connectivity index (χ3n) is 2.87. The van der Waals surface area contributed by atoms with Gasteiger partial charge in [-0.15, -0.1) is 0 Å². The van der Waals surface area contributed by atoms with E-state index in [1.807, 2.05) is 6.92 Å². The number of nitrogens with zero attached hydrogens (tertiary/aromatic N) is 1. The molecule has 0 bridgehead atoms. The number of rotatable bonds is 5. The smallest absolute Gasteiger partial charge is 0.417 e. The van der Waals surface area contributed by atoms with Gasteiger partial charge in [-0.05, 0) is 18.1 Å². The quantitative estimate of drug-likeness (QED) is 0.867. The average Bonchev–Trinajstić information content (AvgIpc) is 2.34. The number of nitrogens with one attached hydrogen (secondary N) is 1. The Morgan fingerprint density at radius 2 is 2.11 bits per heavy atom. The minimum Gasteiger partial charge on any atom is -0.480 e. The second-order valence-corrected chi connectivity index (χ2v) is 4.28. The summed E-state index contributed by atoms with van der Waals surface area (Å²) in [6.45, 7) is 3.58. The number of anilines is 1.